The number of benzene rings is 2. The second-order valence-electron chi connectivity index (χ2n) is 5.19. The Balaban J connectivity index is 2.17. The molecule has 114 valence electrons. The van der Waals surface area contributed by atoms with Crippen molar-refractivity contribution >= 4 is 29.0 Å². The van der Waals surface area contributed by atoms with Crippen molar-refractivity contribution in [1.29, 1.82) is 0 Å². The number of ketones is 1. The minimum absolute atomic E-state index is 0.0340. The van der Waals surface area contributed by atoms with Crippen LogP contribution in [0.5, 0.6) is 0 Å². The molecule has 0 aliphatic heterocycles. The first-order valence-corrected chi connectivity index (χ1v) is 7.64. The molecule has 0 saturated heterocycles. The van der Waals surface area contributed by atoms with Crippen LogP contribution in [0.15, 0.2) is 71.3 Å². The smallest absolute Gasteiger partial charge is 0.160 e. The Kier molecular flexibility index (Phi) is 4.45. The zero-order valence-electron chi connectivity index (χ0n) is 12.6. The summed E-state index contributed by atoms with van der Waals surface area (Å²) >= 11 is 5.98. The van der Waals surface area contributed by atoms with Crippen LogP contribution >= 0.6 is 11.6 Å². The van der Waals surface area contributed by atoms with Gasteiger partial charge in [0.2, 0.25) is 0 Å². The molecular formula is C20H15ClO2. The number of carbonyl (C=O) groups is 1. The van der Waals surface area contributed by atoms with Crippen molar-refractivity contribution in [2.75, 3.05) is 0 Å². The van der Waals surface area contributed by atoms with Crippen LogP contribution in [0.25, 0.3) is 11.6 Å². The summed E-state index contributed by atoms with van der Waals surface area (Å²) in [4.78, 5) is 11.8. The molecule has 3 aromatic rings. The molecule has 1 aromatic heterocycles. The molecule has 0 fully saturated rings. The van der Waals surface area contributed by atoms with Crippen molar-refractivity contribution in [1.82, 2.24) is 0 Å². The van der Waals surface area contributed by atoms with Crippen LogP contribution in [0.2, 0.25) is 5.02 Å². The van der Waals surface area contributed by atoms with Crippen molar-refractivity contribution in [3.63, 3.8) is 0 Å². The minimum atomic E-state index is 0.0340. The standard InChI is InChI=1S/C20H15ClO2/c1-14(22)18-6-3-2-5-16(18)13-19(20-7-4-12-23-20)15-8-10-17(21)11-9-15/h2-13H,1H3/b19-13-. The number of rotatable bonds is 4. The number of Topliss-reactive ketones (excluding diaryl/α,β-unsaturated/α-hetero) is 1. The average Bonchev–Trinajstić information content (AvgIpc) is 3.08. The number of carbonyl (C=O) groups excluding carboxylic acids is 1. The topological polar surface area (TPSA) is 30.2 Å². The molecule has 2 aromatic carbocycles. The summed E-state index contributed by atoms with van der Waals surface area (Å²) in [7, 11) is 0. The highest BCUT2D eigenvalue weighted by Crippen LogP contribution is 2.28. The van der Waals surface area contributed by atoms with E-state index in [1.807, 2.05) is 66.7 Å². The quantitative estimate of drug-likeness (QED) is 0.454. The highest BCUT2D eigenvalue weighted by molar-refractivity contribution is 6.30. The van der Waals surface area contributed by atoms with E-state index in [-0.39, 0.29) is 5.78 Å². The average molecular weight is 323 g/mol. The minimum Gasteiger partial charge on any atom is -0.464 e. The molecule has 0 spiro atoms. The maximum atomic E-state index is 11.8. The van der Waals surface area contributed by atoms with Crippen LogP contribution in [0.1, 0.15) is 34.2 Å². The van der Waals surface area contributed by atoms with Crippen LogP contribution < -0.4 is 0 Å². The van der Waals surface area contributed by atoms with Gasteiger partial charge in [-0.05, 0) is 48.4 Å². The molecular weight excluding hydrogens is 308 g/mol. The fraction of sp³-hybridized carbons (Fsp3) is 0.0500. The zero-order chi connectivity index (χ0) is 16.2. The summed E-state index contributed by atoms with van der Waals surface area (Å²) in [6.07, 6.45) is 3.61. The molecule has 0 unspecified atom stereocenters. The lowest BCUT2D eigenvalue weighted by Gasteiger charge is -2.08. The zero-order valence-corrected chi connectivity index (χ0v) is 13.4. The largest absolute Gasteiger partial charge is 0.464 e. The van der Waals surface area contributed by atoms with Crippen LogP contribution in [-0.4, -0.2) is 5.78 Å². The Morgan fingerprint density at radius 2 is 1.74 bits per heavy atom. The van der Waals surface area contributed by atoms with Crippen molar-refractivity contribution in [2.24, 2.45) is 0 Å². The molecule has 0 radical (unpaired) electrons. The first kappa shape index (κ1) is 15.3. The predicted molar refractivity (Wildman–Crippen MR) is 93.6 cm³/mol. The van der Waals surface area contributed by atoms with Crippen LogP contribution in [-0.2, 0) is 0 Å². The van der Waals surface area contributed by atoms with E-state index < -0.39 is 0 Å². The lowest BCUT2D eigenvalue weighted by atomic mass is 9.97. The Morgan fingerprint density at radius 3 is 2.39 bits per heavy atom. The molecule has 0 N–H and O–H groups in total. The summed E-state index contributed by atoms with van der Waals surface area (Å²) in [6, 6.07) is 18.8. The SMILES string of the molecule is CC(=O)c1ccccc1/C=C(/c1ccc(Cl)cc1)c1ccco1. The number of furan rings is 1. The molecule has 0 aliphatic rings. The van der Waals surface area contributed by atoms with Gasteiger partial charge in [0, 0.05) is 16.2 Å². The fourth-order valence-corrected chi connectivity index (χ4v) is 2.58. The molecule has 0 atom stereocenters. The summed E-state index contributed by atoms with van der Waals surface area (Å²) in [5.41, 5.74) is 3.43. The van der Waals surface area contributed by atoms with Gasteiger partial charge in [-0.15, -0.1) is 0 Å². The molecule has 0 amide bonds. The summed E-state index contributed by atoms with van der Waals surface area (Å²) in [5.74, 6) is 0.775. The molecule has 0 bridgehead atoms. The van der Waals surface area contributed by atoms with Gasteiger partial charge in [0.05, 0.1) is 6.26 Å². The lowest BCUT2D eigenvalue weighted by molar-refractivity contribution is 0.101. The van der Waals surface area contributed by atoms with E-state index in [4.69, 9.17) is 16.0 Å². The second kappa shape index (κ2) is 6.67. The van der Waals surface area contributed by atoms with Crippen LogP contribution in [0.4, 0.5) is 0 Å². The van der Waals surface area contributed by atoms with E-state index in [2.05, 4.69) is 0 Å². The fourth-order valence-electron chi connectivity index (χ4n) is 2.46. The Bertz CT molecular complexity index is 844. The van der Waals surface area contributed by atoms with Crippen molar-refractivity contribution in [3.05, 3.63) is 94.4 Å². The van der Waals surface area contributed by atoms with Gasteiger partial charge in [-0.3, -0.25) is 4.79 Å². The number of hydrogen-bond acceptors (Lipinski definition) is 2. The van der Waals surface area contributed by atoms with E-state index in [9.17, 15) is 4.79 Å². The normalized spacial score (nSPS) is 11.5. The van der Waals surface area contributed by atoms with Gasteiger partial charge in [0.1, 0.15) is 5.76 Å². The molecule has 0 saturated carbocycles. The maximum absolute atomic E-state index is 11.8. The van der Waals surface area contributed by atoms with Gasteiger partial charge in [0.25, 0.3) is 0 Å². The number of hydrogen-bond donors (Lipinski definition) is 0. The second-order valence-corrected chi connectivity index (χ2v) is 5.62. The van der Waals surface area contributed by atoms with E-state index in [1.165, 1.54) is 0 Å². The van der Waals surface area contributed by atoms with E-state index in [1.54, 1.807) is 13.2 Å². The van der Waals surface area contributed by atoms with Gasteiger partial charge in [-0.1, -0.05) is 48.0 Å². The third kappa shape index (κ3) is 3.43. The molecule has 2 nitrogen and oxygen atoms in total. The monoisotopic (exact) mass is 322 g/mol. The van der Waals surface area contributed by atoms with Crippen LogP contribution in [0, 0.1) is 0 Å². The summed E-state index contributed by atoms with van der Waals surface area (Å²) in [5, 5.41) is 0.677. The summed E-state index contributed by atoms with van der Waals surface area (Å²) in [6.45, 7) is 1.57. The Hall–Kier alpha value is -2.58. The molecule has 3 heteroatoms. The molecule has 0 aliphatic carbocycles. The third-order valence-corrected chi connectivity index (χ3v) is 3.83. The van der Waals surface area contributed by atoms with E-state index in [0.717, 1.165) is 22.5 Å². The van der Waals surface area contributed by atoms with Crippen molar-refractivity contribution in [2.45, 2.75) is 6.92 Å². The third-order valence-electron chi connectivity index (χ3n) is 3.58. The van der Waals surface area contributed by atoms with Gasteiger partial charge < -0.3 is 4.42 Å². The van der Waals surface area contributed by atoms with Crippen molar-refractivity contribution in [3.8, 4) is 0 Å². The molecule has 3 rings (SSSR count). The number of halogens is 1. The highest BCUT2D eigenvalue weighted by atomic mass is 35.5. The first-order chi connectivity index (χ1) is 11.1. The van der Waals surface area contributed by atoms with Gasteiger partial charge in [-0.25, -0.2) is 0 Å². The highest BCUT2D eigenvalue weighted by Gasteiger charge is 2.11. The van der Waals surface area contributed by atoms with E-state index in [0.29, 0.717) is 10.6 Å². The predicted octanol–water partition coefficient (Wildman–Crippen LogP) is 5.72. The summed E-state index contributed by atoms with van der Waals surface area (Å²) < 4.78 is 5.57. The van der Waals surface area contributed by atoms with Crippen LogP contribution in [0.3, 0.4) is 0 Å². The van der Waals surface area contributed by atoms with Gasteiger partial charge in [-0.2, -0.15) is 0 Å². The lowest BCUT2D eigenvalue weighted by Crippen LogP contribution is -1.96. The van der Waals surface area contributed by atoms with Gasteiger partial charge >= 0.3 is 0 Å². The Labute approximate surface area is 140 Å². The van der Waals surface area contributed by atoms with Crippen molar-refractivity contribution < 1.29 is 9.21 Å². The van der Waals surface area contributed by atoms with Gasteiger partial charge in [0.15, 0.2) is 5.78 Å². The first-order valence-electron chi connectivity index (χ1n) is 7.26. The molecule has 1 heterocycles. The Morgan fingerprint density at radius 1 is 1.00 bits per heavy atom. The molecule has 23 heavy (non-hydrogen) atoms. The maximum Gasteiger partial charge on any atom is 0.160 e. The van der Waals surface area contributed by atoms with E-state index >= 15 is 0 Å².